The van der Waals surface area contributed by atoms with Gasteiger partial charge in [-0.05, 0) is 5.92 Å². The van der Waals surface area contributed by atoms with Gasteiger partial charge in [0.25, 0.3) is 5.91 Å². The maximum atomic E-state index is 11.8. The predicted molar refractivity (Wildman–Crippen MR) is 105 cm³/mol. The van der Waals surface area contributed by atoms with Crippen molar-refractivity contribution in [2.75, 3.05) is 24.9 Å². The molecule has 2 rings (SSSR count). The molecule has 1 heterocycles. The SMILES string of the molecule is COc1cc(Nc2nc(N[C@@H](C(N)=O)C(C)C)ncc2C(N)=O)cc(OC)c1. The van der Waals surface area contributed by atoms with Crippen LogP contribution in [-0.4, -0.2) is 42.0 Å². The largest absolute Gasteiger partial charge is 0.497 e. The average molecular weight is 388 g/mol. The summed E-state index contributed by atoms with van der Waals surface area (Å²) in [5.74, 6) is 0.0407. The van der Waals surface area contributed by atoms with Crippen LogP contribution in [0.5, 0.6) is 11.5 Å². The van der Waals surface area contributed by atoms with Gasteiger partial charge in [-0.3, -0.25) is 9.59 Å². The van der Waals surface area contributed by atoms with Gasteiger partial charge in [0.1, 0.15) is 28.9 Å². The average Bonchev–Trinajstić information content (AvgIpc) is 2.65. The standard InChI is InChI=1S/C18H24N6O4/c1-9(2)14(16(20)26)23-18-21-8-13(15(19)25)17(24-18)22-10-5-11(27-3)7-12(6-10)28-4/h5-9,14H,1-4H3,(H2,19,25)(H2,20,26)(H2,21,22,23,24)/t14-/m1/s1. The van der Waals surface area contributed by atoms with E-state index in [0.717, 1.165) is 0 Å². The Hall–Kier alpha value is -3.56. The summed E-state index contributed by atoms with van der Waals surface area (Å²) in [5.41, 5.74) is 11.5. The maximum absolute atomic E-state index is 11.8. The van der Waals surface area contributed by atoms with Gasteiger partial charge in [0, 0.05) is 30.1 Å². The molecule has 0 spiro atoms. The number of aromatic nitrogens is 2. The molecule has 10 heteroatoms. The summed E-state index contributed by atoms with van der Waals surface area (Å²) in [6, 6.07) is 4.42. The van der Waals surface area contributed by atoms with Gasteiger partial charge in [-0.1, -0.05) is 13.8 Å². The van der Waals surface area contributed by atoms with E-state index in [1.807, 2.05) is 13.8 Å². The van der Waals surface area contributed by atoms with Crippen LogP contribution >= 0.6 is 0 Å². The van der Waals surface area contributed by atoms with E-state index >= 15 is 0 Å². The number of methoxy groups -OCH3 is 2. The summed E-state index contributed by atoms with van der Waals surface area (Å²) >= 11 is 0. The molecule has 2 aromatic rings. The minimum Gasteiger partial charge on any atom is -0.497 e. The number of carbonyl (C=O) groups excluding carboxylic acids is 2. The molecule has 0 saturated heterocycles. The van der Waals surface area contributed by atoms with E-state index in [0.29, 0.717) is 17.2 Å². The number of nitrogens with two attached hydrogens (primary N) is 2. The van der Waals surface area contributed by atoms with Crippen LogP contribution in [0, 0.1) is 5.92 Å². The summed E-state index contributed by atoms with van der Waals surface area (Å²) in [5, 5.41) is 5.88. The highest BCUT2D eigenvalue weighted by atomic mass is 16.5. The quantitative estimate of drug-likeness (QED) is 0.500. The van der Waals surface area contributed by atoms with Crippen molar-refractivity contribution >= 4 is 29.3 Å². The van der Waals surface area contributed by atoms with Gasteiger partial charge in [-0.25, -0.2) is 4.98 Å². The van der Waals surface area contributed by atoms with E-state index in [2.05, 4.69) is 20.6 Å². The monoisotopic (exact) mass is 388 g/mol. The molecule has 0 aliphatic heterocycles. The summed E-state index contributed by atoms with van der Waals surface area (Å²) < 4.78 is 10.5. The van der Waals surface area contributed by atoms with Crippen LogP contribution in [0.4, 0.5) is 17.5 Å². The van der Waals surface area contributed by atoms with Crippen LogP contribution in [0.2, 0.25) is 0 Å². The highest BCUT2D eigenvalue weighted by molar-refractivity contribution is 5.98. The maximum Gasteiger partial charge on any atom is 0.254 e. The Labute approximate surface area is 162 Å². The van der Waals surface area contributed by atoms with Gasteiger partial charge in [0.2, 0.25) is 11.9 Å². The molecule has 6 N–H and O–H groups in total. The van der Waals surface area contributed by atoms with E-state index < -0.39 is 17.9 Å². The van der Waals surface area contributed by atoms with E-state index in [9.17, 15) is 9.59 Å². The zero-order chi connectivity index (χ0) is 20.8. The zero-order valence-corrected chi connectivity index (χ0v) is 16.1. The van der Waals surface area contributed by atoms with Crippen molar-refractivity contribution in [1.82, 2.24) is 9.97 Å². The Morgan fingerprint density at radius 1 is 1.07 bits per heavy atom. The lowest BCUT2D eigenvalue weighted by Crippen LogP contribution is -2.40. The fourth-order valence-corrected chi connectivity index (χ4v) is 2.45. The molecule has 0 saturated carbocycles. The third-order valence-corrected chi connectivity index (χ3v) is 3.93. The minimum atomic E-state index is -0.709. The lowest BCUT2D eigenvalue weighted by Gasteiger charge is -2.19. The van der Waals surface area contributed by atoms with Crippen LogP contribution in [0.1, 0.15) is 24.2 Å². The number of benzene rings is 1. The first-order valence-corrected chi connectivity index (χ1v) is 8.48. The number of nitrogens with zero attached hydrogens (tertiary/aromatic N) is 2. The molecule has 2 amide bonds. The van der Waals surface area contributed by atoms with Crippen LogP contribution in [0.15, 0.2) is 24.4 Å². The molecule has 0 aliphatic carbocycles. The van der Waals surface area contributed by atoms with Gasteiger partial charge >= 0.3 is 0 Å². The molecule has 0 fully saturated rings. The van der Waals surface area contributed by atoms with Crippen molar-refractivity contribution in [3.8, 4) is 11.5 Å². The van der Waals surface area contributed by atoms with E-state index in [1.165, 1.54) is 20.4 Å². The Kier molecular flexibility index (Phi) is 6.59. The number of hydrogen-bond acceptors (Lipinski definition) is 8. The Morgan fingerprint density at radius 3 is 2.14 bits per heavy atom. The second-order valence-electron chi connectivity index (χ2n) is 6.31. The van der Waals surface area contributed by atoms with Gasteiger partial charge in [-0.2, -0.15) is 4.98 Å². The third-order valence-electron chi connectivity index (χ3n) is 3.93. The number of anilines is 3. The van der Waals surface area contributed by atoms with Gasteiger partial charge in [0.05, 0.1) is 14.2 Å². The lowest BCUT2D eigenvalue weighted by molar-refractivity contribution is -0.119. The van der Waals surface area contributed by atoms with Crippen molar-refractivity contribution in [3.05, 3.63) is 30.0 Å². The van der Waals surface area contributed by atoms with Crippen LogP contribution < -0.4 is 31.6 Å². The number of primary amides is 2. The molecule has 28 heavy (non-hydrogen) atoms. The van der Waals surface area contributed by atoms with Crippen LogP contribution in [-0.2, 0) is 4.79 Å². The molecule has 0 bridgehead atoms. The van der Waals surface area contributed by atoms with Crippen molar-refractivity contribution in [1.29, 1.82) is 0 Å². The summed E-state index contributed by atoms with van der Waals surface area (Å²) in [4.78, 5) is 31.7. The number of nitrogens with one attached hydrogen (secondary N) is 2. The van der Waals surface area contributed by atoms with E-state index in [1.54, 1.807) is 18.2 Å². The lowest BCUT2D eigenvalue weighted by atomic mass is 10.0. The molecule has 0 aliphatic rings. The second kappa shape index (κ2) is 8.89. The number of ether oxygens (including phenoxy) is 2. The van der Waals surface area contributed by atoms with Crippen LogP contribution in [0.25, 0.3) is 0 Å². The normalized spacial score (nSPS) is 11.6. The first-order chi connectivity index (χ1) is 13.2. The number of hydrogen-bond donors (Lipinski definition) is 4. The number of amides is 2. The van der Waals surface area contributed by atoms with Gasteiger partial charge in [-0.15, -0.1) is 0 Å². The van der Waals surface area contributed by atoms with Crippen molar-refractivity contribution in [2.24, 2.45) is 17.4 Å². The first-order valence-electron chi connectivity index (χ1n) is 8.48. The molecule has 1 aromatic carbocycles. The first kappa shape index (κ1) is 20.7. The smallest absolute Gasteiger partial charge is 0.254 e. The number of carbonyl (C=O) groups is 2. The second-order valence-corrected chi connectivity index (χ2v) is 6.31. The van der Waals surface area contributed by atoms with Crippen molar-refractivity contribution < 1.29 is 19.1 Å². The summed E-state index contributed by atoms with van der Waals surface area (Å²) in [6.45, 7) is 3.67. The molecule has 0 radical (unpaired) electrons. The fourth-order valence-electron chi connectivity index (χ4n) is 2.45. The number of rotatable bonds is 9. The van der Waals surface area contributed by atoms with E-state index in [-0.39, 0.29) is 23.2 Å². The molecule has 1 atom stereocenters. The minimum absolute atomic E-state index is 0.0764. The third kappa shape index (κ3) is 5.00. The van der Waals surface area contributed by atoms with Crippen molar-refractivity contribution in [2.45, 2.75) is 19.9 Å². The van der Waals surface area contributed by atoms with Crippen LogP contribution in [0.3, 0.4) is 0 Å². The summed E-state index contributed by atoms with van der Waals surface area (Å²) in [7, 11) is 3.05. The predicted octanol–water partition coefficient (Wildman–Crippen LogP) is 1.26. The van der Waals surface area contributed by atoms with E-state index in [4.69, 9.17) is 20.9 Å². The Morgan fingerprint density at radius 2 is 1.68 bits per heavy atom. The molecule has 1 aromatic heterocycles. The molecular weight excluding hydrogens is 364 g/mol. The molecule has 0 unspecified atom stereocenters. The summed E-state index contributed by atoms with van der Waals surface area (Å²) in [6.07, 6.45) is 1.27. The Bertz CT molecular complexity index is 849. The fraction of sp³-hybridized carbons (Fsp3) is 0.333. The highest BCUT2D eigenvalue weighted by Gasteiger charge is 2.21. The molecule has 10 nitrogen and oxygen atoms in total. The van der Waals surface area contributed by atoms with Crippen molar-refractivity contribution in [3.63, 3.8) is 0 Å². The van der Waals surface area contributed by atoms with Gasteiger partial charge < -0.3 is 31.6 Å². The van der Waals surface area contributed by atoms with Gasteiger partial charge in [0.15, 0.2) is 0 Å². The molecule has 150 valence electrons. The Balaban J connectivity index is 2.41. The topological polar surface area (TPSA) is 154 Å². The zero-order valence-electron chi connectivity index (χ0n) is 16.1. The molecular formula is C18H24N6O4. The highest BCUT2D eigenvalue weighted by Crippen LogP contribution is 2.28.